The van der Waals surface area contributed by atoms with Gasteiger partial charge < -0.3 is 0 Å². The van der Waals surface area contributed by atoms with Crippen LogP contribution < -0.4 is 0 Å². The zero-order valence-electron chi connectivity index (χ0n) is 11.6. The summed E-state index contributed by atoms with van der Waals surface area (Å²) >= 11 is 0. The minimum Gasteiger partial charge on any atom is -0.294 e. The third-order valence-electron chi connectivity index (χ3n) is 5.11. The van der Waals surface area contributed by atoms with Gasteiger partial charge in [0.2, 0.25) is 0 Å². The summed E-state index contributed by atoms with van der Waals surface area (Å²) in [5, 5.41) is 0. The Labute approximate surface area is 118 Å². The van der Waals surface area contributed by atoms with E-state index in [1.54, 1.807) is 0 Å². The number of ketones is 1. The van der Waals surface area contributed by atoms with Crippen LogP contribution in [-0.2, 0) is 0 Å². The molecule has 0 bridgehead atoms. The first-order valence-corrected chi connectivity index (χ1v) is 7.64. The SMILES string of the molecule is O=C(c1ccc(F)c(F)c1)C1CCC2CCCCC2C1. The van der Waals surface area contributed by atoms with Crippen molar-refractivity contribution in [1.29, 1.82) is 0 Å². The number of carbonyl (C=O) groups is 1. The number of fused-ring (bicyclic) bond motifs is 1. The molecule has 0 aromatic heterocycles. The molecule has 0 aliphatic heterocycles. The highest BCUT2D eigenvalue weighted by atomic mass is 19.2. The van der Waals surface area contributed by atoms with Crippen LogP contribution in [-0.4, -0.2) is 5.78 Å². The van der Waals surface area contributed by atoms with Crippen molar-refractivity contribution in [2.24, 2.45) is 17.8 Å². The van der Waals surface area contributed by atoms with Gasteiger partial charge in [0.25, 0.3) is 0 Å². The molecule has 2 saturated carbocycles. The first-order valence-electron chi connectivity index (χ1n) is 7.64. The predicted octanol–water partition coefficient (Wildman–Crippen LogP) is 4.75. The van der Waals surface area contributed by atoms with E-state index in [9.17, 15) is 13.6 Å². The Morgan fingerprint density at radius 1 is 0.950 bits per heavy atom. The van der Waals surface area contributed by atoms with E-state index in [2.05, 4.69) is 0 Å². The van der Waals surface area contributed by atoms with Gasteiger partial charge in [-0.05, 0) is 49.3 Å². The van der Waals surface area contributed by atoms with Gasteiger partial charge in [-0.1, -0.05) is 25.7 Å². The second kappa shape index (κ2) is 5.63. The molecule has 1 aromatic rings. The minimum atomic E-state index is -0.929. The van der Waals surface area contributed by atoms with Crippen molar-refractivity contribution in [2.75, 3.05) is 0 Å². The van der Waals surface area contributed by atoms with Crippen LogP contribution in [0.5, 0.6) is 0 Å². The van der Waals surface area contributed by atoms with E-state index in [0.29, 0.717) is 11.5 Å². The third-order valence-corrected chi connectivity index (χ3v) is 5.11. The zero-order valence-corrected chi connectivity index (χ0v) is 11.6. The number of hydrogen-bond acceptors (Lipinski definition) is 1. The molecule has 3 unspecified atom stereocenters. The van der Waals surface area contributed by atoms with E-state index in [0.717, 1.165) is 37.3 Å². The van der Waals surface area contributed by atoms with Crippen LogP contribution in [0.4, 0.5) is 8.78 Å². The lowest BCUT2D eigenvalue weighted by molar-refractivity contribution is 0.0763. The number of hydrogen-bond donors (Lipinski definition) is 0. The van der Waals surface area contributed by atoms with Crippen LogP contribution in [0.2, 0.25) is 0 Å². The van der Waals surface area contributed by atoms with Gasteiger partial charge in [-0.2, -0.15) is 0 Å². The van der Waals surface area contributed by atoms with Crippen LogP contribution in [0.1, 0.15) is 55.3 Å². The second-order valence-corrected chi connectivity index (χ2v) is 6.31. The fraction of sp³-hybridized carbons (Fsp3) is 0.588. The molecule has 2 aliphatic rings. The summed E-state index contributed by atoms with van der Waals surface area (Å²) in [7, 11) is 0. The molecular formula is C17H20F2O. The molecular weight excluding hydrogens is 258 g/mol. The van der Waals surface area contributed by atoms with Crippen molar-refractivity contribution in [3.05, 3.63) is 35.4 Å². The average Bonchev–Trinajstić information content (AvgIpc) is 2.49. The van der Waals surface area contributed by atoms with E-state index < -0.39 is 11.6 Å². The highest BCUT2D eigenvalue weighted by Crippen LogP contribution is 2.43. The molecule has 3 rings (SSSR count). The van der Waals surface area contributed by atoms with Gasteiger partial charge in [0.15, 0.2) is 17.4 Å². The maximum atomic E-state index is 13.2. The highest BCUT2D eigenvalue weighted by molar-refractivity contribution is 5.97. The summed E-state index contributed by atoms with van der Waals surface area (Å²) in [5.41, 5.74) is 0.322. The largest absolute Gasteiger partial charge is 0.294 e. The molecule has 20 heavy (non-hydrogen) atoms. The highest BCUT2D eigenvalue weighted by Gasteiger charge is 2.35. The third kappa shape index (κ3) is 2.63. The van der Waals surface area contributed by atoms with Gasteiger partial charge in [-0.25, -0.2) is 8.78 Å². The molecule has 1 nitrogen and oxygen atoms in total. The molecule has 0 heterocycles. The standard InChI is InChI=1S/C17H20F2O/c18-15-8-7-14(10-16(15)19)17(20)13-6-5-11-3-1-2-4-12(11)9-13/h7-8,10-13H,1-6,9H2. The molecule has 108 valence electrons. The summed E-state index contributed by atoms with van der Waals surface area (Å²) in [5.74, 6) is -0.374. The van der Waals surface area contributed by atoms with Gasteiger partial charge in [0, 0.05) is 11.5 Å². The van der Waals surface area contributed by atoms with Crippen LogP contribution in [0.15, 0.2) is 18.2 Å². The maximum Gasteiger partial charge on any atom is 0.166 e. The zero-order chi connectivity index (χ0) is 14.1. The summed E-state index contributed by atoms with van der Waals surface area (Å²) in [6.45, 7) is 0. The lowest BCUT2D eigenvalue weighted by atomic mass is 9.66. The topological polar surface area (TPSA) is 17.1 Å². The van der Waals surface area contributed by atoms with Gasteiger partial charge in [0.05, 0.1) is 0 Å². The predicted molar refractivity (Wildman–Crippen MR) is 73.5 cm³/mol. The normalized spacial score (nSPS) is 29.8. The quantitative estimate of drug-likeness (QED) is 0.713. The Kier molecular flexibility index (Phi) is 3.86. The molecule has 0 saturated heterocycles. The summed E-state index contributed by atoms with van der Waals surface area (Å²) in [6.07, 6.45) is 8.07. The van der Waals surface area contributed by atoms with Crippen molar-refractivity contribution >= 4 is 5.78 Å². The van der Waals surface area contributed by atoms with E-state index in [1.165, 1.54) is 31.7 Å². The Morgan fingerprint density at radius 3 is 2.45 bits per heavy atom. The molecule has 3 atom stereocenters. The maximum absolute atomic E-state index is 13.2. The number of benzene rings is 1. The number of carbonyl (C=O) groups excluding carboxylic acids is 1. The summed E-state index contributed by atoms with van der Waals surface area (Å²) in [4.78, 5) is 12.4. The minimum absolute atomic E-state index is 0.000730. The smallest absolute Gasteiger partial charge is 0.166 e. The van der Waals surface area contributed by atoms with Crippen molar-refractivity contribution in [3.8, 4) is 0 Å². The van der Waals surface area contributed by atoms with Crippen molar-refractivity contribution in [1.82, 2.24) is 0 Å². The van der Waals surface area contributed by atoms with Gasteiger partial charge >= 0.3 is 0 Å². The fourth-order valence-corrected chi connectivity index (χ4v) is 4.00. The Bertz CT molecular complexity index is 512. The Hall–Kier alpha value is -1.25. The monoisotopic (exact) mass is 278 g/mol. The van der Waals surface area contributed by atoms with Gasteiger partial charge in [-0.15, -0.1) is 0 Å². The first-order chi connectivity index (χ1) is 9.65. The van der Waals surface area contributed by atoms with E-state index >= 15 is 0 Å². The van der Waals surface area contributed by atoms with Crippen molar-refractivity contribution in [2.45, 2.75) is 44.9 Å². The number of rotatable bonds is 2. The molecule has 0 radical (unpaired) electrons. The first kappa shape index (κ1) is 13.7. The Morgan fingerprint density at radius 2 is 1.70 bits per heavy atom. The van der Waals surface area contributed by atoms with Crippen molar-refractivity contribution in [3.63, 3.8) is 0 Å². The number of Topliss-reactive ketones (excluding diaryl/α,β-unsaturated/α-hetero) is 1. The van der Waals surface area contributed by atoms with Gasteiger partial charge in [-0.3, -0.25) is 4.79 Å². The Balaban J connectivity index is 1.72. The van der Waals surface area contributed by atoms with E-state index in [1.807, 2.05) is 0 Å². The molecule has 2 fully saturated rings. The molecule has 0 N–H and O–H groups in total. The molecule has 0 amide bonds. The average molecular weight is 278 g/mol. The lowest BCUT2D eigenvalue weighted by Crippen LogP contribution is -2.31. The van der Waals surface area contributed by atoms with Crippen LogP contribution in [0.25, 0.3) is 0 Å². The molecule has 0 spiro atoms. The van der Waals surface area contributed by atoms with E-state index in [-0.39, 0.29) is 11.7 Å². The van der Waals surface area contributed by atoms with Crippen LogP contribution in [0.3, 0.4) is 0 Å². The fourth-order valence-electron chi connectivity index (χ4n) is 4.00. The number of halogens is 2. The second-order valence-electron chi connectivity index (χ2n) is 6.31. The molecule has 2 aliphatic carbocycles. The van der Waals surface area contributed by atoms with E-state index in [4.69, 9.17) is 0 Å². The van der Waals surface area contributed by atoms with Gasteiger partial charge in [0.1, 0.15) is 0 Å². The lowest BCUT2D eigenvalue weighted by Gasteiger charge is -2.38. The summed E-state index contributed by atoms with van der Waals surface area (Å²) < 4.78 is 26.2. The summed E-state index contributed by atoms with van der Waals surface area (Å²) in [6, 6.07) is 3.51. The molecule has 3 heteroatoms. The van der Waals surface area contributed by atoms with Crippen molar-refractivity contribution < 1.29 is 13.6 Å². The molecule has 1 aromatic carbocycles. The van der Waals surface area contributed by atoms with Crippen LogP contribution in [0, 0.1) is 29.4 Å². The van der Waals surface area contributed by atoms with Crippen LogP contribution >= 0.6 is 0 Å².